The van der Waals surface area contributed by atoms with Gasteiger partial charge in [-0.3, -0.25) is 4.79 Å². The number of pyridine rings is 2. The van der Waals surface area contributed by atoms with Crippen molar-refractivity contribution < 1.29 is 4.79 Å². The Hall–Kier alpha value is -2.23. The molecule has 1 amide bonds. The van der Waals surface area contributed by atoms with Crippen LogP contribution in [0.4, 0.5) is 0 Å². The molecular weight excluding hydrogens is 202 g/mol. The Morgan fingerprint density at radius 2 is 2.31 bits per heavy atom. The molecule has 0 saturated heterocycles. The summed E-state index contributed by atoms with van der Waals surface area (Å²) in [5, 5.41) is 3.59. The zero-order valence-corrected chi connectivity index (χ0v) is 8.68. The van der Waals surface area contributed by atoms with E-state index in [1.54, 1.807) is 18.3 Å². The second kappa shape index (κ2) is 4.53. The highest BCUT2D eigenvalue weighted by molar-refractivity contribution is 5.94. The third-order valence-electron chi connectivity index (χ3n) is 2.10. The second-order valence-corrected chi connectivity index (χ2v) is 3.25. The van der Waals surface area contributed by atoms with Crippen LogP contribution >= 0.6 is 0 Å². The first-order chi connectivity index (χ1) is 7.81. The molecule has 2 heterocycles. The van der Waals surface area contributed by atoms with Gasteiger partial charge in [0.25, 0.3) is 5.91 Å². The van der Waals surface area contributed by atoms with Crippen molar-refractivity contribution >= 4 is 16.9 Å². The summed E-state index contributed by atoms with van der Waals surface area (Å²) in [6.07, 6.45) is 3.28. The molecule has 0 radical (unpaired) electrons. The van der Waals surface area contributed by atoms with E-state index in [0.29, 0.717) is 17.9 Å². The van der Waals surface area contributed by atoms with Gasteiger partial charge in [0.1, 0.15) is 5.69 Å². The summed E-state index contributed by atoms with van der Waals surface area (Å²) in [6.45, 7) is 3.96. The standard InChI is InChI=1S/C12H11N3O/c1-2-7-14-12(16)10-6-5-9-4-3-8-13-11(9)15-10/h2-6,8H,1,7H2,(H,14,16). The van der Waals surface area contributed by atoms with Gasteiger partial charge in [0, 0.05) is 18.1 Å². The van der Waals surface area contributed by atoms with Gasteiger partial charge in [-0.15, -0.1) is 6.58 Å². The van der Waals surface area contributed by atoms with Gasteiger partial charge in [-0.05, 0) is 24.3 Å². The molecule has 4 heteroatoms. The van der Waals surface area contributed by atoms with E-state index in [9.17, 15) is 4.79 Å². The van der Waals surface area contributed by atoms with Crippen molar-refractivity contribution in [1.29, 1.82) is 0 Å². The molecular formula is C12H11N3O. The first-order valence-electron chi connectivity index (χ1n) is 4.92. The first-order valence-corrected chi connectivity index (χ1v) is 4.92. The molecule has 0 fully saturated rings. The summed E-state index contributed by atoms with van der Waals surface area (Å²) in [7, 11) is 0. The summed E-state index contributed by atoms with van der Waals surface area (Å²) in [6, 6.07) is 7.25. The van der Waals surface area contributed by atoms with Crippen LogP contribution in [-0.2, 0) is 0 Å². The van der Waals surface area contributed by atoms with Gasteiger partial charge >= 0.3 is 0 Å². The van der Waals surface area contributed by atoms with Gasteiger partial charge in [0.05, 0.1) is 0 Å². The fraction of sp³-hybridized carbons (Fsp3) is 0.0833. The lowest BCUT2D eigenvalue weighted by Gasteiger charge is -2.02. The quantitative estimate of drug-likeness (QED) is 0.787. The maximum absolute atomic E-state index is 11.6. The molecule has 2 aromatic rings. The van der Waals surface area contributed by atoms with E-state index in [-0.39, 0.29) is 5.91 Å². The molecule has 0 aliphatic heterocycles. The summed E-state index contributed by atoms with van der Waals surface area (Å²) in [4.78, 5) is 19.9. The van der Waals surface area contributed by atoms with Crippen LogP contribution in [0.5, 0.6) is 0 Å². The van der Waals surface area contributed by atoms with E-state index in [1.807, 2.05) is 18.2 Å². The molecule has 0 aliphatic carbocycles. The molecule has 0 saturated carbocycles. The van der Waals surface area contributed by atoms with E-state index in [0.717, 1.165) is 5.39 Å². The molecule has 0 spiro atoms. The smallest absolute Gasteiger partial charge is 0.270 e. The number of fused-ring (bicyclic) bond motifs is 1. The van der Waals surface area contributed by atoms with Gasteiger partial charge in [-0.2, -0.15) is 0 Å². The lowest BCUT2D eigenvalue weighted by Crippen LogP contribution is -2.24. The van der Waals surface area contributed by atoms with E-state index < -0.39 is 0 Å². The van der Waals surface area contributed by atoms with E-state index >= 15 is 0 Å². The van der Waals surface area contributed by atoms with Gasteiger partial charge < -0.3 is 5.32 Å². The van der Waals surface area contributed by atoms with Crippen LogP contribution in [0.15, 0.2) is 43.1 Å². The lowest BCUT2D eigenvalue weighted by atomic mass is 10.2. The zero-order chi connectivity index (χ0) is 11.4. The van der Waals surface area contributed by atoms with E-state index in [4.69, 9.17) is 0 Å². The molecule has 0 atom stereocenters. The Bertz CT molecular complexity index is 537. The first kappa shape index (κ1) is 10.3. The molecule has 1 N–H and O–H groups in total. The van der Waals surface area contributed by atoms with Crippen molar-refractivity contribution in [3.63, 3.8) is 0 Å². The average molecular weight is 213 g/mol. The monoisotopic (exact) mass is 213 g/mol. The minimum Gasteiger partial charge on any atom is -0.347 e. The maximum atomic E-state index is 11.6. The van der Waals surface area contributed by atoms with Crippen LogP contribution in [0.1, 0.15) is 10.5 Å². The molecule has 2 rings (SSSR count). The Kier molecular flexibility index (Phi) is 2.91. The topological polar surface area (TPSA) is 54.9 Å². The number of amides is 1. The molecule has 0 unspecified atom stereocenters. The van der Waals surface area contributed by atoms with Crippen LogP contribution in [0.2, 0.25) is 0 Å². The molecule has 0 aromatic carbocycles. The van der Waals surface area contributed by atoms with Crippen molar-refractivity contribution in [3.8, 4) is 0 Å². The number of aromatic nitrogens is 2. The van der Waals surface area contributed by atoms with Crippen molar-refractivity contribution in [3.05, 3.63) is 48.8 Å². The predicted octanol–water partition coefficient (Wildman–Crippen LogP) is 1.55. The minimum atomic E-state index is -0.215. The van der Waals surface area contributed by atoms with Crippen molar-refractivity contribution in [1.82, 2.24) is 15.3 Å². The highest BCUT2D eigenvalue weighted by atomic mass is 16.1. The number of hydrogen-bond acceptors (Lipinski definition) is 3. The second-order valence-electron chi connectivity index (χ2n) is 3.25. The molecule has 0 bridgehead atoms. The molecule has 4 nitrogen and oxygen atoms in total. The predicted molar refractivity (Wildman–Crippen MR) is 62.1 cm³/mol. The van der Waals surface area contributed by atoms with Gasteiger partial charge in [0.15, 0.2) is 5.65 Å². The normalized spacial score (nSPS) is 10.0. The van der Waals surface area contributed by atoms with Gasteiger partial charge in [-0.1, -0.05) is 6.08 Å². The Morgan fingerprint density at radius 3 is 3.12 bits per heavy atom. The van der Waals surface area contributed by atoms with Gasteiger partial charge in [-0.25, -0.2) is 9.97 Å². The Balaban J connectivity index is 2.32. The highest BCUT2D eigenvalue weighted by Gasteiger charge is 2.06. The summed E-state index contributed by atoms with van der Waals surface area (Å²) < 4.78 is 0. The molecule has 0 aliphatic rings. The van der Waals surface area contributed by atoms with E-state index in [1.165, 1.54) is 0 Å². The minimum absolute atomic E-state index is 0.215. The van der Waals surface area contributed by atoms with Crippen LogP contribution in [0.3, 0.4) is 0 Å². The van der Waals surface area contributed by atoms with Crippen molar-refractivity contribution in [2.75, 3.05) is 6.54 Å². The molecule has 16 heavy (non-hydrogen) atoms. The number of nitrogens with one attached hydrogen (secondary N) is 1. The van der Waals surface area contributed by atoms with Crippen LogP contribution in [-0.4, -0.2) is 22.4 Å². The van der Waals surface area contributed by atoms with Crippen molar-refractivity contribution in [2.45, 2.75) is 0 Å². The number of carbonyl (C=O) groups is 1. The third kappa shape index (κ3) is 2.06. The molecule has 80 valence electrons. The number of carbonyl (C=O) groups excluding carboxylic acids is 1. The number of nitrogens with zero attached hydrogens (tertiary/aromatic N) is 2. The van der Waals surface area contributed by atoms with Crippen LogP contribution in [0.25, 0.3) is 11.0 Å². The Morgan fingerprint density at radius 1 is 1.44 bits per heavy atom. The lowest BCUT2D eigenvalue weighted by molar-refractivity contribution is 0.0953. The summed E-state index contributed by atoms with van der Waals surface area (Å²) in [5.41, 5.74) is 0.946. The SMILES string of the molecule is C=CCNC(=O)c1ccc2cccnc2n1. The highest BCUT2D eigenvalue weighted by Crippen LogP contribution is 2.08. The number of hydrogen-bond donors (Lipinski definition) is 1. The maximum Gasteiger partial charge on any atom is 0.270 e. The van der Waals surface area contributed by atoms with Crippen molar-refractivity contribution in [2.24, 2.45) is 0 Å². The average Bonchev–Trinajstić information content (AvgIpc) is 2.35. The third-order valence-corrected chi connectivity index (χ3v) is 2.10. The van der Waals surface area contributed by atoms with Crippen LogP contribution < -0.4 is 5.32 Å². The Labute approximate surface area is 93.0 Å². The largest absolute Gasteiger partial charge is 0.347 e. The molecule has 2 aromatic heterocycles. The fourth-order valence-corrected chi connectivity index (χ4v) is 1.33. The summed E-state index contributed by atoms with van der Waals surface area (Å²) >= 11 is 0. The number of rotatable bonds is 3. The zero-order valence-electron chi connectivity index (χ0n) is 8.68. The van der Waals surface area contributed by atoms with Crippen LogP contribution in [0, 0.1) is 0 Å². The van der Waals surface area contributed by atoms with Gasteiger partial charge in [0.2, 0.25) is 0 Å². The summed E-state index contributed by atoms with van der Waals surface area (Å²) in [5.74, 6) is -0.215. The van der Waals surface area contributed by atoms with E-state index in [2.05, 4.69) is 21.9 Å². The fourth-order valence-electron chi connectivity index (χ4n) is 1.33.